The molecule has 3 nitrogen and oxygen atoms in total. The first kappa shape index (κ1) is 16.1. The first-order valence-electron chi connectivity index (χ1n) is 7.38. The number of amides is 1. The number of halogens is 3. The fraction of sp³-hybridized carbons (Fsp3) is 0.375. The van der Waals surface area contributed by atoms with E-state index in [1.54, 1.807) is 0 Å². The Kier molecular flexibility index (Phi) is 4.48. The zero-order valence-corrected chi connectivity index (χ0v) is 13.0. The molecule has 1 N–H and O–H groups in total. The highest BCUT2D eigenvalue weighted by atomic mass is 32.2. The maximum atomic E-state index is 13.0. The standard InChI is InChI=1S/C16H15F3N2OS/c17-16(18,19)12-8-4-1-5-10(12)9-13-14(22)21-15(23-13)20-11-6-2-3-7-11/h1,4-5,8-9,11H,2-3,6-7H2,(H,20,21,22)/b13-9+. The number of hydrogen-bond donors (Lipinski definition) is 1. The number of rotatable bonds is 2. The van der Waals surface area contributed by atoms with E-state index in [0.717, 1.165) is 43.5 Å². The molecule has 7 heteroatoms. The summed E-state index contributed by atoms with van der Waals surface area (Å²) >= 11 is 1.10. The van der Waals surface area contributed by atoms with Gasteiger partial charge in [-0.05, 0) is 42.3 Å². The lowest BCUT2D eigenvalue weighted by molar-refractivity contribution is -0.137. The number of nitrogens with one attached hydrogen (secondary N) is 1. The Bertz CT molecular complexity index is 676. The molecule has 1 aromatic rings. The van der Waals surface area contributed by atoms with Crippen LogP contribution < -0.4 is 5.32 Å². The summed E-state index contributed by atoms with van der Waals surface area (Å²) in [5, 5.41) is 3.12. The van der Waals surface area contributed by atoms with Crippen molar-refractivity contribution in [3.8, 4) is 0 Å². The molecule has 1 amide bonds. The van der Waals surface area contributed by atoms with Crippen LogP contribution in [0.25, 0.3) is 6.08 Å². The van der Waals surface area contributed by atoms with E-state index in [1.165, 1.54) is 24.3 Å². The van der Waals surface area contributed by atoms with Gasteiger partial charge >= 0.3 is 6.18 Å². The number of carbonyl (C=O) groups is 1. The van der Waals surface area contributed by atoms with Crippen molar-refractivity contribution >= 4 is 28.9 Å². The van der Waals surface area contributed by atoms with Crippen LogP contribution in [0, 0.1) is 0 Å². The third-order valence-electron chi connectivity index (χ3n) is 3.83. The van der Waals surface area contributed by atoms with Crippen LogP contribution in [-0.2, 0) is 11.0 Å². The van der Waals surface area contributed by atoms with E-state index in [2.05, 4.69) is 10.3 Å². The van der Waals surface area contributed by atoms with Gasteiger partial charge in [-0.3, -0.25) is 9.79 Å². The average molecular weight is 340 g/mol. The average Bonchev–Trinajstić information content (AvgIpc) is 3.09. The smallest absolute Gasteiger partial charge is 0.301 e. The molecule has 0 atom stereocenters. The molecule has 1 heterocycles. The number of hydrogen-bond acceptors (Lipinski definition) is 3. The summed E-state index contributed by atoms with van der Waals surface area (Å²) in [5.74, 6) is -0.399. The third kappa shape index (κ3) is 3.77. The van der Waals surface area contributed by atoms with E-state index < -0.39 is 17.6 Å². The van der Waals surface area contributed by atoms with Crippen LogP contribution in [0.3, 0.4) is 0 Å². The monoisotopic (exact) mass is 340 g/mol. The normalized spacial score (nSPS) is 23.0. The van der Waals surface area contributed by atoms with Crippen LogP contribution in [0.4, 0.5) is 13.2 Å². The van der Waals surface area contributed by atoms with Crippen molar-refractivity contribution < 1.29 is 18.0 Å². The minimum atomic E-state index is -4.45. The topological polar surface area (TPSA) is 41.5 Å². The van der Waals surface area contributed by atoms with Crippen molar-refractivity contribution in [1.82, 2.24) is 5.32 Å². The molecule has 1 aromatic carbocycles. The number of thioether (sulfide) groups is 1. The summed E-state index contributed by atoms with van der Waals surface area (Å²) in [7, 11) is 0. The largest absolute Gasteiger partial charge is 0.416 e. The summed E-state index contributed by atoms with van der Waals surface area (Å²) in [6.07, 6.45) is 1.07. The van der Waals surface area contributed by atoms with E-state index in [9.17, 15) is 18.0 Å². The van der Waals surface area contributed by atoms with Crippen LogP contribution in [0.1, 0.15) is 36.8 Å². The molecular weight excluding hydrogens is 325 g/mol. The van der Waals surface area contributed by atoms with Crippen LogP contribution in [0.2, 0.25) is 0 Å². The van der Waals surface area contributed by atoms with Gasteiger partial charge in [-0.15, -0.1) is 0 Å². The van der Waals surface area contributed by atoms with Gasteiger partial charge < -0.3 is 5.32 Å². The van der Waals surface area contributed by atoms with Gasteiger partial charge in [0.25, 0.3) is 5.91 Å². The number of benzene rings is 1. The molecule has 122 valence electrons. The van der Waals surface area contributed by atoms with Crippen LogP contribution >= 0.6 is 11.8 Å². The SMILES string of the molecule is O=C1NC(=NC2CCCC2)S/C1=C/c1ccccc1C(F)(F)F. The predicted molar refractivity (Wildman–Crippen MR) is 84.8 cm³/mol. The second-order valence-electron chi connectivity index (χ2n) is 5.52. The lowest BCUT2D eigenvalue weighted by atomic mass is 10.1. The second-order valence-corrected chi connectivity index (χ2v) is 6.55. The summed E-state index contributed by atoms with van der Waals surface area (Å²) in [4.78, 5) is 16.7. The van der Waals surface area contributed by atoms with Crippen LogP contribution in [0.5, 0.6) is 0 Å². The number of aliphatic imine (C=N–C) groups is 1. The van der Waals surface area contributed by atoms with Crippen LogP contribution in [-0.4, -0.2) is 17.1 Å². The number of nitrogens with zero attached hydrogens (tertiary/aromatic N) is 1. The van der Waals surface area contributed by atoms with E-state index in [-0.39, 0.29) is 16.5 Å². The Hall–Kier alpha value is -1.76. The molecule has 2 fully saturated rings. The highest BCUT2D eigenvalue weighted by molar-refractivity contribution is 8.18. The second kappa shape index (κ2) is 6.39. The Morgan fingerprint density at radius 1 is 1.22 bits per heavy atom. The van der Waals surface area contributed by atoms with E-state index >= 15 is 0 Å². The summed E-state index contributed by atoms with van der Waals surface area (Å²) in [6, 6.07) is 5.43. The number of carbonyl (C=O) groups excluding carboxylic acids is 1. The predicted octanol–water partition coefficient (Wildman–Crippen LogP) is 4.21. The number of amidine groups is 1. The first-order chi connectivity index (χ1) is 10.9. The van der Waals surface area contributed by atoms with Crippen molar-refractivity contribution in [3.63, 3.8) is 0 Å². The van der Waals surface area contributed by atoms with E-state index in [1.807, 2.05) is 0 Å². The molecule has 1 saturated carbocycles. The lowest BCUT2D eigenvalue weighted by Gasteiger charge is -2.09. The lowest BCUT2D eigenvalue weighted by Crippen LogP contribution is -2.21. The molecule has 23 heavy (non-hydrogen) atoms. The van der Waals surface area contributed by atoms with Crippen LogP contribution in [0.15, 0.2) is 34.2 Å². The molecule has 0 spiro atoms. The minimum absolute atomic E-state index is 0.0141. The fourth-order valence-corrected chi connectivity index (χ4v) is 3.59. The fourth-order valence-electron chi connectivity index (χ4n) is 2.71. The van der Waals surface area contributed by atoms with Gasteiger partial charge in [-0.2, -0.15) is 13.2 Å². The van der Waals surface area contributed by atoms with Crippen molar-refractivity contribution in [2.45, 2.75) is 37.9 Å². The molecule has 1 aliphatic heterocycles. The highest BCUT2D eigenvalue weighted by Crippen LogP contribution is 2.35. The summed E-state index contributed by atoms with van der Waals surface area (Å²) < 4.78 is 39.0. The van der Waals surface area contributed by atoms with Gasteiger partial charge in [0.15, 0.2) is 5.17 Å². The molecule has 1 saturated heterocycles. The molecule has 0 aromatic heterocycles. The first-order valence-corrected chi connectivity index (χ1v) is 8.20. The summed E-state index contributed by atoms with van der Waals surface area (Å²) in [6.45, 7) is 0. The van der Waals surface area contributed by atoms with Crippen molar-refractivity contribution in [2.24, 2.45) is 4.99 Å². The molecule has 0 unspecified atom stereocenters. The molecule has 0 bridgehead atoms. The van der Waals surface area contributed by atoms with E-state index in [4.69, 9.17) is 0 Å². The molecular formula is C16H15F3N2OS. The zero-order valence-electron chi connectivity index (χ0n) is 12.2. The quantitative estimate of drug-likeness (QED) is 0.820. The summed E-state index contributed by atoms with van der Waals surface area (Å²) in [5.41, 5.74) is -0.762. The van der Waals surface area contributed by atoms with Gasteiger partial charge in [0.05, 0.1) is 16.5 Å². The maximum absolute atomic E-state index is 13.0. The van der Waals surface area contributed by atoms with Gasteiger partial charge in [-0.25, -0.2) is 0 Å². The molecule has 3 rings (SSSR count). The number of alkyl halides is 3. The minimum Gasteiger partial charge on any atom is -0.301 e. The third-order valence-corrected chi connectivity index (χ3v) is 4.75. The van der Waals surface area contributed by atoms with Gasteiger partial charge in [-0.1, -0.05) is 31.0 Å². The van der Waals surface area contributed by atoms with Gasteiger partial charge in [0.2, 0.25) is 0 Å². The Labute approximate surface area is 136 Å². The van der Waals surface area contributed by atoms with Gasteiger partial charge in [0, 0.05) is 0 Å². The molecule has 2 aliphatic rings. The Morgan fingerprint density at radius 2 is 1.91 bits per heavy atom. The Morgan fingerprint density at radius 3 is 2.61 bits per heavy atom. The van der Waals surface area contributed by atoms with Crippen molar-refractivity contribution in [3.05, 3.63) is 40.3 Å². The zero-order chi connectivity index (χ0) is 16.4. The maximum Gasteiger partial charge on any atom is 0.416 e. The Balaban J connectivity index is 1.85. The molecule has 0 radical (unpaired) electrons. The van der Waals surface area contributed by atoms with Crippen molar-refractivity contribution in [2.75, 3.05) is 0 Å². The van der Waals surface area contributed by atoms with E-state index in [0.29, 0.717) is 5.17 Å². The van der Waals surface area contributed by atoms with Crippen molar-refractivity contribution in [1.29, 1.82) is 0 Å². The highest BCUT2D eigenvalue weighted by Gasteiger charge is 2.33. The van der Waals surface area contributed by atoms with Gasteiger partial charge in [0.1, 0.15) is 0 Å². The molecule has 1 aliphatic carbocycles.